The van der Waals surface area contributed by atoms with Crippen LogP contribution in [0.15, 0.2) is 0 Å². The van der Waals surface area contributed by atoms with Crippen LogP contribution in [0.3, 0.4) is 0 Å². The second kappa shape index (κ2) is 6.18. The Balaban J connectivity index is 1.95. The summed E-state index contributed by atoms with van der Waals surface area (Å²) >= 11 is 0. The van der Waals surface area contributed by atoms with Crippen molar-refractivity contribution in [1.29, 1.82) is 0 Å². The van der Waals surface area contributed by atoms with Crippen LogP contribution in [0.4, 0.5) is 0 Å². The van der Waals surface area contributed by atoms with Crippen LogP contribution in [0.25, 0.3) is 0 Å². The molecule has 0 aromatic rings. The van der Waals surface area contributed by atoms with Crippen LogP contribution in [0.2, 0.25) is 0 Å². The Bertz CT molecular complexity index is 175. The number of carbonyl (C=O) groups is 1. The molecule has 0 radical (unpaired) electrons. The molecule has 0 amide bonds. The van der Waals surface area contributed by atoms with Crippen molar-refractivity contribution in [1.82, 2.24) is 0 Å². The van der Waals surface area contributed by atoms with Gasteiger partial charge in [-0.3, -0.25) is 4.79 Å². The van der Waals surface area contributed by atoms with Crippen molar-refractivity contribution >= 4 is 5.78 Å². The lowest BCUT2D eigenvalue weighted by molar-refractivity contribution is -0.119. The highest BCUT2D eigenvalue weighted by atomic mass is 16.1. The summed E-state index contributed by atoms with van der Waals surface area (Å²) in [5.41, 5.74) is 5.46. The molecule has 2 heteroatoms. The van der Waals surface area contributed by atoms with Gasteiger partial charge in [-0.2, -0.15) is 0 Å². The highest BCUT2D eigenvalue weighted by Crippen LogP contribution is 2.33. The van der Waals surface area contributed by atoms with Crippen LogP contribution in [-0.2, 0) is 4.79 Å². The van der Waals surface area contributed by atoms with Crippen LogP contribution in [0, 0.1) is 11.8 Å². The van der Waals surface area contributed by atoms with Gasteiger partial charge in [0.2, 0.25) is 0 Å². The number of hydrogen-bond donors (Lipinski definition) is 1. The number of carbonyl (C=O) groups excluding carboxylic acids is 1. The Kier molecular flexibility index (Phi) is 5.16. The van der Waals surface area contributed by atoms with E-state index in [1.807, 2.05) is 0 Å². The summed E-state index contributed by atoms with van der Waals surface area (Å²) in [6.07, 6.45) is 7.53. The predicted octanol–water partition coefficient (Wildman–Crippen LogP) is 2.51. The van der Waals surface area contributed by atoms with Gasteiger partial charge in [0, 0.05) is 12.8 Å². The molecule has 1 aliphatic carbocycles. The van der Waals surface area contributed by atoms with Crippen molar-refractivity contribution in [2.45, 2.75) is 51.9 Å². The first kappa shape index (κ1) is 11.7. The van der Waals surface area contributed by atoms with E-state index < -0.39 is 0 Å². The van der Waals surface area contributed by atoms with E-state index >= 15 is 0 Å². The molecule has 2 N–H and O–H groups in total. The molecular weight excluding hydrogens is 174 g/mol. The number of hydrogen-bond acceptors (Lipinski definition) is 2. The molecule has 0 heterocycles. The summed E-state index contributed by atoms with van der Waals surface area (Å²) in [6, 6.07) is 0. The van der Waals surface area contributed by atoms with Crippen molar-refractivity contribution < 1.29 is 4.79 Å². The average Bonchev–Trinajstić information content (AvgIpc) is 2.95. The van der Waals surface area contributed by atoms with E-state index in [4.69, 9.17) is 5.73 Å². The zero-order valence-corrected chi connectivity index (χ0v) is 9.30. The second-order valence-corrected chi connectivity index (χ2v) is 4.74. The van der Waals surface area contributed by atoms with E-state index in [2.05, 4.69) is 6.92 Å². The fourth-order valence-electron chi connectivity index (χ4n) is 1.73. The molecule has 1 unspecified atom stereocenters. The first-order valence-corrected chi connectivity index (χ1v) is 5.94. The van der Waals surface area contributed by atoms with Crippen molar-refractivity contribution in [3.05, 3.63) is 0 Å². The lowest BCUT2D eigenvalue weighted by Crippen LogP contribution is -2.08. The smallest absolute Gasteiger partial charge is 0.132 e. The van der Waals surface area contributed by atoms with Gasteiger partial charge in [-0.25, -0.2) is 0 Å². The summed E-state index contributed by atoms with van der Waals surface area (Å²) in [7, 11) is 0. The van der Waals surface area contributed by atoms with Gasteiger partial charge < -0.3 is 5.73 Å². The van der Waals surface area contributed by atoms with Gasteiger partial charge in [0.1, 0.15) is 5.78 Å². The highest BCUT2D eigenvalue weighted by molar-refractivity contribution is 5.78. The topological polar surface area (TPSA) is 43.1 Å². The van der Waals surface area contributed by atoms with Gasteiger partial charge in [-0.15, -0.1) is 0 Å². The highest BCUT2D eigenvalue weighted by Gasteiger charge is 2.21. The Morgan fingerprint density at radius 1 is 1.36 bits per heavy atom. The fourth-order valence-corrected chi connectivity index (χ4v) is 1.73. The van der Waals surface area contributed by atoms with Gasteiger partial charge in [0.15, 0.2) is 0 Å². The number of nitrogens with two attached hydrogens (primary N) is 1. The Hall–Kier alpha value is -0.370. The molecule has 1 rings (SSSR count). The lowest BCUT2D eigenvalue weighted by Gasteiger charge is -2.08. The molecule has 0 spiro atoms. The molecule has 0 saturated heterocycles. The van der Waals surface area contributed by atoms with E-state index in [-0.39, 0.29) is 0 Å². The van der Waals surface area contributed by atoms with Crippen LogP contribution >= 0.6 is 0 Å². The maximum atomic E-state index is 11.5. The van der Waals surface area contributed by atoms with Crippen molar-refractivity contribution in [2.75, 3.05) is 6.54 Å². The molecule has 0 aromatic heterocycles. The van der Waals surface area contributed by atoms with E-state index in [0.29, 0.717) is 11.7 Å². The zero-order chi connectivity index (χ0) is 10.4. The molecule has 0 aromatic carbocycles. The Morgan fingerprint density at radius 2 is 2.07 bits per heavy atom. The maximum absolute atomic E-state index is 11.5. The molecule has 0 aliphatic heterocycles. The van der Waals surface area contributed by atoms with Crippen molar-refractivity contribution in [3.63, 3.8) is 0 Å². The minimum absolute atomic E-state index is 0.459. The minimum atomic E-state index is 0.459. The van der Waals surface area contributed by atoms with E-state index in [0.717, 1.165) is 44.6 Å². The molecule has 82 valence electrons. The van der Waals surface area contributed by atoms with Crippen LogP contribution in [0.1, 0.15) is 51.9 Å². The molecule has 1 atom stereocenters. The average molecular weight is 197 g/mol. The third-order valence-electron chi connectivity index (χ3n) is 3.10. The van der Waals surface area contributed by atoms with Gasteiger partial charge in [0.05, 0.1) is 0 Å². The SMILES string of the molecule is CC(CCN)CCC(=O)CCC1CC1. The van der Waals surface area contributed by atoms with E-state index in [1.165, 1.54) is 12.8 Å². The van der Waals surface area contributed by atoms with E-state index in [9.17, 15) is 4.79 Å². The summed E-state index contributed by atoms with van der Waals surface area (Å²) in [5.74, 6) is 1.96. The first-order valence-electron chi connectivity index (χ1n) is 5.94. The summed E-state index contributed by atoms with van der Waals surface area (Å²) in [6.45, 7) is 2.93. The van der Waals surface area contributed by atoms with Gasteiger partial charge in [-0.05, 0) is 37.6 Å². The third-order valence-corrected chi connectivity index (χ3v) is 3.10. The van der Waals surface area contributed by atoms with Gasteiger partial charge in [0.25, 0.3) is 0 Å². The van der Waals surface area contributed by atoms with E-state index in [1.54, 1.807) is 0 Å². The van der Waals surface area contributed by atoms with Crippen LogP contribution < -0.4 is 5.73 Å². The molecule has 14 heavy (non-hydrogen) atoms. The molecule has 1 fully saturated rings. The van der Waals surface area contributed by atoms with Gasteiger partial charge in [-0.1, -0.05) is 19.8 Å². The van der Waals surface area contributed by atoms with Crippen molar-refractivity contribution in [2.24, 2.45) is 17.6 Å². The lowest BCUT2D eigenvalue weighted by atomic mass is 9.98. The fraction of sp³-hybridized carbons (Fsp3) is 0.917. The number of ketones is 1. The normalized spacial score (nSPS) is 18.1. The van der Waals surface area contributed by atoms with Crippen molar-refractivity contribution in [3.8, 4) is 0 Å². The number of Topliss-reactive ketones (excluding diaryl/α,β-unsaturated/α-hetero) is 1. The standard InChI is InChI=1S/C12H23NO/c1-10(8-9-13)2-6-12(14)7-5-11-3-4-11/h10-11H,2-9,13H2,1H3. The monoisotopic (exact) mass is 197 g/mol. The summed E-state index contributed by atoms with van der Waals surface area (Å²) in [5, 5.41) is 0. The zero-order valence-electron chi connectivity index (χ0n) is 9.30. The first-order chi connectivity index (χ1) is 6.72. The Labute approximate surface area is 87.2 Å². The molecule has 2 nitrogen and oxygen atoms in total. The predicted molar refractivity (Wildman–Crippen MR) is 59.0 cm³/mol. The maximum Gasteiger partial charge on any atom is 0.132 e. The summed E-state index contributed by atoms with van der Waals surface area (Å²) < 4.78 is 0. The molecule has 1 aliphatic rings. The van der Waals surface area contributed by atoms with Gasteiger partial charge >= 0.3 is 0 Å². The molecular formula is C12H23NO. The van der Waals surface area contributed by atoms with Crippen LogP contribution in [-0.4, -0.2) is 12.3 Å². The largest absolute Gasteiger partial charge is 0.330 e. The third kappa shape index (κ3) is 5.38. The molecule has 1 saturated carbocycles. The minimum Gasteiger partial charge on any atom is -0.330 e. The number of rotatable bonds is 8. The summed E-state index contributed by atoms with van der Waals surface area (Å²) in [4.78, 5) is 11.5. The second-order valence-electron chi connectivity index (χ2n) is 4.74. The quantitative estimate of drug-likeness (QED) is 0.649. The van der Waals surface area contributed by atoms with Crippen LogP contribution in [0.5, 0.6) is 0 Å². The molecule has 0 bridgehead atoms. The Morgan fingerprint density at radius 3 is 2.64 bits per heavy atom.